The van der Waals surface area contributed by atoms with Crippen LogP contribution in [0.3, 0.4) is 0 Å². The minimum Gasteiger partial charge on any atom is -0.481 e. The second kappa shape index (κ2) is 8.53. The van der Waals surface area contributed by atoms with E-state index in [9.17, 15) is 4.79 Å². The molecular weight excluding hydrogens is 206 g/mol. The summed E-state index contributed by atoms with van der Waals surface area (Å²) in [5.41, 5.74) is 0. The summed E-state index contributed by atoms with van der Waals surface area (Å²) in [4.78, 5) is 10.7. The Balaban J connectivity index is 3.41. The van der Waals surface area contributed by atoms with Gasteiger partial charge in [-0.15, -0.1) is 0 Å². The van der Waals surface area contributed by atoms with Crippen LogP contribution in [-0.4, -0.2) is 36.4 Å². The number of carboxylic acids is 1. The number of ether oxygens (including phenoxy) is 1. The van der Waals surface area contributed by atoms with E-state index in [4.69, 9.17) is 9.84 Å². The lowest BCUT2D eigenvalue weighted by Crippen LogP contribution is -2.36. The number of carbonyl (C=O) groups is 1. The first-order valence-electron chi connectivity index (χ1n) is 6.03. The fourth-order valence-corrected chi connectivity index (χ4v) is 1.27. The Kier molecular flexibility index (Phi) is 8.21. The lowest BCUT2D eigenvalue weighted by molar-refractivity contribution is -0.141. The van der Waals surface area contributed by atoms with Gasteiger partial charge in [0.1, 0.15) is 0 Å². The van der Waals surface area contributed by atoms with Gasteiger partial charge in [0, 0.05) is 12.6 Å². The first-order chi connectivity index (χ1) is 7.45. The van der Waals surface area contributed by atoms with Crippen molar-refractivity contribution >= 4 is 5.97 Å². The standard InChI is InChI=1S/C12H25NO3/c1-9(2)16-8-6-5-7-13-11(4)10(3)12(14)15/h9-11,13H,5-8H2,1-4H3,(H,14,15). The summed E-state index contributed by atoms with van der Waals surface area (Å²) >= 11 is 0. The third kappa shape index (κ3) is 7.65. The van der Waals surface area contributed by atoms with E-state index in [1.54, 1.807) is 6.92 Å². The van der Waals surface area contributed by atoms with Crippen LogP contribution in [0, 0.1) is 5.92 Å². The molecule has 4 nitrogen and oxygen atoms in total. The second-order valence-electron chi connectivity index (χ2n) is 4.50. The molecule has 0 aromatic rings. The molecule has 0 saturated carbocycles. The first-order valence-corrected chi connectivity index (χ1v) is 6.03. The molecule has 2 N–H and O–H groups in total. The highest BCUT2D eigenvalue weighted by Crippen LogP contribution is 2.02. The van der Waals surface area contributed by atoms with E-state index in [1.165, 1.54) is 0 Å². The molecular formula is C12H25NO3. The lowest BCUT2D eigenvalue weighted by atomic mass is 10.0. The maximum Gasteiger partial charge on any atom is 0.307 e. The van der Waals surface area contributed by atoms with Crippen molar-refractivity contribution in [1.82, 2.24) is 5.32 Å². The van der Waals surface area contributed by atoms with Crippen LogP contribution in [0.4, 0.5) is 0 Å². The van der Waals surface area contributed by atoms with Crippen molar-refractivity contribution in [2.75, 3.05) is 13.2 Å². The lowest BCUT2D eigenvalue weighted by Gasteiger charge is -2.17. The molecule has 0 rings (SSSR count). The van der Waals surface area contributed by atoms with E-state index in [0.717, 1.165) is 26.0 Å². The number of hydrogen-bond donors (Lipinski definition) is 2. The van der Waals surface area contributed by atoms with Crippen LogP contribution in [-0.2, 0) is 9.53 Å². The molecule has 0 aliphatic rings. The monoisotopic (exact) mass is 231 g/mol. The Hall–Kier alpha value is -0.610. The summed E-state index contributed by atoms with van der Waals surface area (Å²) in [6.45, 7) is 9.30. The van der Waals surface area contributed by atoms with Gasteiger partial charge in [0.25, 0.3) is 0 Å². The largest absolute Gasteiger partial charge is 0.481 e. The van der Waals surface area contributed by atoms with E-state index in [1.807, 2.05) is 20.8 Å². The average molecular weight is 231 g/mol. The summed E-state index contributed by atoms with van der Waals surface area (Å²) in [6, 6.07) is 0.0171. The second-order valence-corrected chi connectivity index (χ2v) is 4.50. The Morgan fingerprint density at radius 1 is 1.25 bits per heavy atom. The minimum atomic E-state index is -0.747. The van der Waals surface area contributed by atoms with E-state index < -0.39 is 5.97 Å². The maximum absolute atomic E-state index is 10.7. The zero-order valence-corrected chi connectivity index (χ0v) is 10.8. The van der Waals surface area contributed by atoms with Crippen LogP contribution in [0.15, 0.2) is 0 Å². The summed E-state index contributed by atoms with van der Waals surface area (Å²) in [7, 11) is 0. The molecule has 96 valence electrons. The molecule has 0 aliphatic heterocycles. The summed E-state index contributed by atoms with van der Waals surface area (Å²) in [6.07, 6.45) is 2.32. The van der Waals surface area contributed by atoms with Crippen molar-refractivity contribution in [3.63, 3.8) is 0 Å². The average Bonchev–Trinajstić information content (AvgIpc) is 2.21. The zero-order valence-electron chi connectivity index (χ0n) is 10.8. The Labute approximate surface area is 98.4 Å². The molecule has 0 fully saturated rings. The molecule has 0 spiro atoms. The molecule has 16 heavy (non-hydrogen) atoms. The minimum absolute atomic E-state index is 0.0171. The molecule has 0 aromatic carbocycles. The third-order valence-electron chi connectivity index (χ3n) is 2.63. The SMILES string of the molecule is CC(C)OCCCCNC(C)C(C)C(=O)O. The molecule has 0 aromatic heterocycles. The molecule has 0 bridgehead atoms. The van der Waals surface area contributed by atoms with E-state index in [-0.39, 0.29) is 12.0 Å². The molecule has 0 amide bonds. The van der Waals surface area contributed by atoms with E-state index in [0.29, 0.717) is 6.10 Å². The molecule has 2 atom stereocenters. The fraction of sp³-hybridized carbons (Fsp3) is 0.917. The van der Waals surface area contributed by atoms with E-state index >= 15 is 0 Å². The molecule has 0 heterocycles. The molecule has 4 heteroatoms. The highest BCUT2D eigenvalue weighted by atomic mass is 16.5. The van der Waals surface area contributed by atoms with Crippen LogP contribution in [0.1, 0.15) is 40.5 Å². The topological polar surface area (TPSA) is 58.6 Å². The summed E-state index contributed by atoms with van der Waals surface area (Å²) < 4.78 is 5.41. The van der Waals surface area contributed by atoms with Gasteiger partial charge in [-0.2, -0.15) is 0 Å². The third-order valence-corrected chi connectivity index (χ3v) is 2.63. The number of aliphatic carboxylic acids is 1. The van der Waals surface area contributed by atoms with Gasteiger partial charge in [0.05, 0.1) is 12.0 Å². The predicted molar refractivity (Wildman–Crippen MR) is 64.6 cm³/mol. The predicted octanol–water partition coefficient (Wildman–Crippen LogP) is 1.89. The Bertz CT molecular complexity index is 195. The summed E-state index contributed by atoms with van der Waals surface area (Å²) in [5, 5.41) is 12.0. The number of hydrogen-bond acceptors (Lipinski definition) is 3. The van der Waals surface area contributed by atoms with Crippen molar-refractivity contribution < 1.29 is 14.6 Å². The zero-order chi connectivity index (χ0) is 12.6. The van der Waals surface area contributed by atoms with Gasteiger partial charge in [-0.3, -0.25) is 4.79 Å². The van der Waals surface area contributed by atoms with Crippen LogP contribution in [0.5, 0.6) is 0 Å². The summed E-state index contributed by atoms with van der Waals surface area (Å²) in [5.74, 6) is -1.09. The number of unbranched alkanes of at least 4 members (excludes halogenated alkanes) is 1. The normalized spacial score (nSPS) is 15.1. The highest BCUT2D eigenvalue weighted by Gasteiger charge is 2.17. The highest BCUT2D eigenvalue weighted by molar-refractivity contribution is 5.70. The van der Waals surface area contributed by atoms with Crippen molar-refractivity contribution in [2.45, 2.75) is 52.7 Å². The van der Waals surface area contributed by atoms with Gasteiger partial charge in [-0.25, -0.2) is 0 Å². The van der Waals surface area contributed by atoms with Crippen LogP contribution < -0.4 is 5.32 Å². The Morgan fingerprint density at radius 2 is 1.88 bits per heavy atom. The van der Waals surface area contributed by atoms with Crippen molar-refractivity contribution in [3.05, 3.63) is 0 Å². The van der Waals surface area contributed by atoms with Crippen molar-refractivity contribution in [2.24, 2.45) is 5.92 Å². The van der Waals surface area contributed by atoms with Crippen molar-refractivity contribution in [1.29, 1.82) is 0 Å². The first kappa shape index (κ1) is 15.4. The molecule has 2 unspecified atom stereocenters. The molecule has 0 aliphatic carbocycles. The molecule has 0 radical (unpaired) electrons. The quantitative estimate of drug-likeness (QED) is 0.595. The number of rotatable bonds is 9. The Morgan fingerprint density at radius 3 is 2.38 bits per heavy atom. The van der Waals surface area contributed by atoms with Gasteiger partial charge in [-0.05, 0) is 40.2 Å². The van der Waals surface area contributed by atoms with Gasteiger partial charge in [0.2, 0.25) is 0 Å². The molecule has 0 saturated heterocycles. The van der Waals surface area contributed by atoms with Gasteiger partial charge >= 0.3 is 5.97 Å². The van der Waals surface area contributed by atoms with Gasteiger partial charge in [-0.1, -0.05) is 6.92 Å². The van der Waals surface area contributed by atoms with Gasteiger partial charge in [0.15, 0.2) is 0 Å². The fourth-order valence-electron chi connectivity index (χ4n) is 1.27. The maximum atomic E-state index is 10.7. The van der Waals surface area contributed by atoms with Crippen molar-refractivity contribution in [3.8, 4) is 0 Å². The van der Waals surface area contributed by atoms with Crippen LogP contribution in [0.25, 0.3) is 0 Å². The smallest absolute Gasteiger partial charge is 0.307 e. The number of nitrogens with one attached hydrogen (secondary N) is 1. The van der Waals surface area contributed by atoms with E-state index in [2.05, 4.69) is 5.32 Å². The number of carboxylic acid groups (broad SMARTS) is 1. The van der Waals surface area contributed by atoms with Crippen LogP contribution >= 0.6 is 0 Å². The van der Waals surface area contributed by atoms with Crippen LogP contribution in [0.2, 0.25) is 0 Å². The van der Waals surface area contributed by atoms with Gasteiger partial charge < -0.3 is 15.2 Å².